The first-order valence-corrected chi connectivity index (χ1v) is 9.11. The normalized spacial score (nSPS) is 13.1. The number of benzene rings is 1. The average Bonchev–Trinajstić information content (AvgIpc) is 2.66. The Kier molecular flexibility index (Phi) is 16.2. The van der Waals surface area contributed by atoms with E-state index in [1.165, 1.54) is 40.3 Å². The molecule has 0 aliphatic heterocycles. The van der Waals surface area contributed by atoms with Crippen molar-refractivity contribution in [2.45, 2.75) is 34.6 Å². The summed E-state index contributed by atoms with van der Waals surface area (Å²) in [5.74, 6) is 1.47. The van der Waals surface area contributed by atoms with Crippen LogP contribution in [0.4, 0.5) is 5.69 Å². The van der Waals surface area contributed by atoms with Crippen LogP contribution in [0.2, 0.25) is 0 Å². The van der Waals surface area contributed by atoms with Crippen molar-refractivity contribution in [1.82, 2.24) is 0 Å². The number of hydrogen-bond acceptors (Lipinski definition) is 3. The summed E-state index contributed by atoms with van der Waals surface area (Å²) in [5.41, 5.74) is 5.95. The van der Waals surface area contributed by atoms with Crippen LogP contribution in [0.15, 0.2) is 46.6 Å². The molecule has 2 rings (SSSR count). The second-order valence-corrected chi connectivity index (χ2v) is 6.87. The topological polar surface area (TPSA) is 60.2 Å². The largest absolute Gasteiger partial charge is 0.358 e. The zero-order valence-electron chi connectivity index (χ0n) is 16.2. The molecule has 0 aromatic heterocycles. The van der Waals surface area contributed by atoms with Gasteiger partial charge in [-0.15, -0.1) is 6.07 Å². The summed E-state index contributed by atoms with van der Waals surface area (Å²) in [6.07, 6.45) is 3.28. The Bertz CT molecular complexity index is 597. The molecule has 6 heteroatoms. The van der Waals surface area contributed by atoms with Gasteiger partial charge in [-0.05, 0) is 38.8 Å². The van der Waals surface area contributed by atoms with E-state index in [4.69, 9.17) is 0 Å². The van der Waals surface area contributed by atoms with Gasteiger partial charge in [-0.2, -0.15) is 18.2 Å². The fraction of sp³-hybridized carbons (Fsp3) is 0.368. The molecular formula is C19H28IrNO3S-2. The number of nitrogens with zero attached hydrogens (tertiary/aromatic N) is 1. The molecule has 0 saturated carbocycles. The van der Waals surface area contributed by atoms with Crippen molar-refractivity contribution >= 4 is 16.5 Å². The summed E-state index contributed by atoms with van der Waals surface area (Å²) in [6, 6.07) is 8.56. The maximum atomic E-state index is 9.99. The molecule has 1 aliphatic rings. The first kappa shape index (κ1) is 28.7. The van der Waals surface area contributed by atoms with E-state index in [0.29, 0.717) is 0 Å². The molecule has 0 unspecified atom stereocenters. The molecule has 0 N–H and O–H groups in total. The summed E-state index contributed by atoms with van der Waals surface area (Å²) in [5, 5.41) is 9.99. The van der Waals surface area contributed by atoms with Gasteiger partial charge >= 0.3 is 0 Å². The fourth-order valence-corrected chi connectivity index (χ4v) is 1.90. The third kappa shape index (κ3) is 10.5. The third-order valence-corrected chi connectivity index (χ3v) is 3.71. The smallest absolute Gasteiger partial charge is 0.163 e. The SMILES string of the molecule is CS(C)=O.C[C]1C(C)=C(C)C(C)=C1C.O=[N+]([O-])c1c[c-]ccc1.[CH3-].[Ir]. The quantitative estimate of drug-likeness (QED) is 0.282. The van der Waals surface area contributed by atoms with E-state index in [0.717, 1.165) is 0 Å². The van der Waals surface area contributed by atoms with Crippen LogP contribution in [-0.2, 0) is 30.9 Å². The van der Waals surface area contributed by atoms with Crippen LogP contribution in [0.1, 0.15) is 34.6 Å². The molecule has 0 fully saturated rings. The van der Waals surface area contributed by atoms with Gasteiger partial charge in [0.25, 0.3) is 0 Å². The molecule has 1 aromatic carbocycles. The van der Waals surface area contributed by atoms with Crippen molar-refractivity contribution in [3.63, 3.8) is 0 Å². The minimum Gasteiger partial charge on any atom is -0.358 e. The molecule has 1 aromatic rings. The van der Waals surface area contributed by atoms with Crippen LogP contribution in [0.25, 0.3) is 0 Å². The summed E-state index contributed by atoms with van der Waals surface area (Å²) in [6.45, 7) is 11.0. The first-order valence-electron chi connectivity index (χ1n) is 7.14. The Balaban J connectivity index is -0.000000302. The predicted octanol–water partition coefficient (Wildman–Crippen LogP) is 5.10. The van der Waals surface area contributed by atoms with Crippen molar-refractivity contribution in [2.24, 2.45) is 0 Å². The first-order chi connectivity index (χ1) is 10.6. The number of allylic oxidation sites excluding steroid dienone is 4. The number of non-ortho nitro benzene ring substituents is 1. The van der Waals surface area contributed by atoms with Gasteiger partial charge in [-0.1, -0.05) is 24.1 Å². The van der Waals surface area contributed by atoms with E-state index < -0.39 is 15.7 Å². The van der Waals surface area contributed by atoms with Gasteiger partial charge in [-0.3, -0.25) is 14.3 Å². The Labute approximate surface area is 168 Å². The Hall–Kier alpha value is -1.10. The van der Waals surface area contributed by atoms with E-state index in [9.17, 15) is 14.3 Å². The van der Waals surface area contributed by atoms with Gasteiger partial charge in [0, 0.05) is 54.3 Å². The van der Waals surface area contributed by atoms with E-state index >= 15 is 0 Å². The molecule has 25 heavy (non-hydrogen) atoms. The van der Waals surface area contributed by atoms with Crippen molar-refractivity contribution in [3.05, 3.63) is 76.1 Å². The zero-order chi connectivity index (χ0) is 18.2. The molecule has 4 nitrogen and oxygen atoms in total. The Morgan fingerprint density at radius 1 is 1.00 bits per heavy atom. The van der Waals surface area contributed by atoms with Crippen molar-refractivity contribution in [2.75, 3.05) is 12.5 Å². The average molecular weight is 543 g/mol. The molecule has 0 amide bonds. The summed E-state index contributed by atoms with van der Waals surface area (Å²) in [7, 11) is -0.611. The number of hydrogen-bond donors (Lipinski definition) is 0. The van der Waals surface area contributed by atoms with Crippen LogP contribution in [-0.4, -0.2) is 21.6 Å². The summed E-state index contributed by atoms with van der Waals surface area (Å²) >= 11 is 0. The van der Waals surface area contributed by atoms with Gasteiger partial charge in [0.15, 0.2) is 5.69 Å². The molecule has 0 spiro atoms. The molecule has 2 radical (unpaired) electrons. The third-order valence-electron chi connectivity index (χ3n) is 3.71. The second kappa shape index (κ2) is 14.1. The molecule has 0 heterocycles. The molecule has 0 saturated heterocycles. The van der Waals surface area contributed by atoms with Crippen molar-refractivity contribution in [3.8, 4) is 0 Å². The van der Waals surface area contributed by atoms with Crippen molar-refractivity contribution < 1.29 is 29.2 Å². The zero-order valence-corrected chi connectivity index (χ0v) is 19.4. The van der Waals surface area contributed by atoms with Crippen molar-refractivity contribution in [1.29, 1.82) is 0 Å². The Morgan fingerprint density at radius 3 is 1.56 bits per heavy atom. The van der Waals surface area contributed by atoms with E-state index in [2.05, 4.69) is 40.7 Å². The predicted molar refractivity (Wildman–Crippen MR) is 104 cm³/mol. The minimum atomic E-state index is -0.611. The molecule has 1 aliphatic carbocycles. The standard InChI is InChI=1S/C10H15.C6H4NO2.C2H6OS.CH3.Ir/c1-6-7(2)9(4)10(5)8(6)3;8-7(9)6-4-2-1-3-5-6;1-4(2)3;;/h1-5H3;1-2,4-5H;1-2H3;1H3;/q;-1;;-1;. The molecule has 144 valence electrons. The Morgan fingerprint density at radius 2 is 1.40 bits per heavy atom. The molecule has 0 bridgehead atoms. The van der Waals surface area contributed by atoms with Gasteiger partial charge < -0.3 is 7.43 Å². The maximum Gasteiger partial charge on any atom is 0.163 e. The summed E-state index contributed by atoms with van der Waals surface area (Å²) < 4.78 is 9.56. The van der Waals surface area contributed by atoms with Gasteiger partial charge in [0.1, 0.15) is 0 Å². The fourth-order valence-electron chi connectivity index (χ4n) is 1.90. The van der Waals surface area contributed by atoms with Gasteiger partial charge in [0.05, 0.1) is 0 Å². The van der Waals surface area contributed by atoms with Crippen LogP contribution in [0, 0.1) is 29.5 Å². The monoisotopic (exact) mass is 543 g/mol. The maximum absolute atomic E-state index is 9.99. The second-order valence-electron chi connectivity index (χ2n) is 5.39. The number of nitro benzene ring substituents is 1. The minimum absolute atomic E-state index is 0. The van der Waals surface area contributed by atoms with E-state index in [-0.39, 0.29) is 33.2 Å². The van der Waals surface area contributed by atoms with Gasteiger partial charge in [0.2, 0.25) is 0 Å². The van der Waals surface area contributed by atoms with Crippen LogP contribution < -0.4 is 0 Å². The number of nitro groups is 1. The summed E-state index contributed by atoms with van der Waals surface area (Å²) in [4.78, 5) is 9.54. The van der Waals surface area contributed by atoms with Crippen LogP contribution in [0.5, 0.6) is 0 Å². The molecular weight excluding hydrogens is 514 g/mol. The van der Waals surface area contributed by atoms with Gasteiger partial charge in [-0.25, -0.2) is 0 Å². The van der Waals surface area contributed by atoms with Crippen LogP contribution in [0.3, 0.4) is 0 Å². The van der Waals surface area contributed by atoms with Crippen LogP contribution >= 0.6 is 0 Å². The molecule has 0 atom stereocenters. The van der Waals surface area contributed by atoms with E-state index in [1.54, 1.807) is 24.6 Å². The van der Waals surface area contributed by atoms with E-state index in [1.807, 2.05) is 0 Å². The number of rotatable bonds is 1.